The highest BCUT2D eigenvalue weighted by molar-refractivity contribution is 14.0. The second-order valence-electron chi connectivity index (χ2n) is 6.54. The smallest absolute Gasteiger partial charge is 0.191 e. The number of morpholine rings is 1. The maximum atomic E-state index is 5.88. The van der Waals surface area contributed by atoms with Crippen molar-refractivity contribution >= 4 is 29.9 Å². The van der Waals surface area contributed by atoms with Crippen LogP contribution in [0.2, 0.25) is 0 Å². The maximum Gasteiger partial charge on any atom is 0.191 e. The van der Waals surface area contributed by atoms with Gasteiger partial charge in [-0.3, -0.25) is 9.88 Å². The number of aliphatic imine (C=N–C) groups is 1. The Morgan fingerprint density at radius 1 is 1.40 bits per heavy atom. The van der Waals surface area contributed by atoms with Crippen molar-refractivity contribution in [3.05, 3.63) is 30.1 Å². The van der Waals surface area contributed by atoms with E-state index in [0.717, 1.165) is 51.0 Å². The number of nitrogens with zero attached hydrogens (tertiary/aromatic N) is 3. The summed E-state index contributed by atoms with van der Waals surface area (Å²) in [6.07, 6.45) is 2.00. The average Bonchev–Trinajstić information content (AvgIpc) is 2.58. The van der Waals surface area contributed by atoms with Crippen molar-refractivity contribution in [2.45, 2.75) is 33.4 Å². The van der Waals surface area contributed by atoms with Crippen molar-refractivity contribution in [1.29, 1.82) is 0 Å². The number of hydrogen-bond acceptors (Lipinski definition) is 4. The minimum atomic E-state index is 0. The van der Waals surface area contributed by atoms with E-state index in [2.05, 4.69) is 46.3 Å². The Labute approximate surface area is 168 Å². The molecule has 1 fully saturated rings. The Morgan fingerprint density at radius 2 is 2.24 bits per heavy atom. The normalized spacial score (nSPS) is 18.7. The number of hydrogen-bond donors (Lipinski definition) is 2. The van der Waals surface area contributed by atoms with Crippen LogP contribution in [0.5, 0.6) is 0 Å². The zero-order chi connectivity index (χ0) is 17.2. The Morgan fingerprint density at radius 3 is 2.92 bits per heavy atom. The molecule has 1 unspecified atom stereocenters. The molecule has 0 aromatic carbocycles. The molecule has 1 saturated heterocycles. The zero-order valence-corrected chi connectivity index (χ0v) is 17.9. The predicted molar refractivity (Wildman–Crippen MR) is 113 cm³/mol. The fourth-order valence-electron chi connectivity index (χ4n) is 2.79. The molecule has 7 heteroatoms. The molecule has 0 aliphatic carbocycles. The number of aromatic nitrogens is 1. The highest BCUT2D eigenvalue weighted by atomic mass is 127. The minimum Gasteiger partial charge on any atom is -0.374 e. The molecule has 0 bridgehead atoms. The van der Waals surface area contributed by atoms with Gasteiger partial charge in [0.2, 0.25) is 0 Å². The van der Waals surface area contributed by atoms with E-state index in [0.29, 0.717) is 12.5 Å². The topological polar surface area (TPSA) is 61.8 Å². The van der Waals surface area contributed by atoms with E-state index in [-0.39, 0.29) is 30.1 Å². The summed E-state index contributed by atoms with van der Waals surface area (Å²) in [6.45, 7) is 12.7. The van der Waals surface area contributed by atoms with Crippen LogP contribution in [0.15, 0.2) is 29.4 Å². The van der Waals surface area contributed by atoms with Crippen molar-refractivity contribution in [1.82, 2.24) is 20.5 Å². The Kier molecular flexibility index (Phi) is 11.0. The van der Waals surface area contributed by atoms with Gasteiger partial charge in [-0.25, -0.2) is 4.99 Å². The van der Waals surface area contributed by atoms with E-state index >= 15 is 0 Å². The number of nitrogens with one attached hydrogen (secondary N) is 2. The third kappa shape index (κ3) is 8.82. The van der Waals surface area contributed by atoms with E-state index < -0.39 is 0 Å². The standard InChI is InChI=1S/C18H31N5O.HI/c1-4-19-18(21-11-16-7-5-6-8-20-16)22-12-17-14-23(9-10-24-17)13-15(2)3;/h5-8,15,17H,4,9-14H2,1-3H3,(H2,19,21,22);1H. The molecule has 0 amide bonds. The van der Waals surface area contributed by atoms with Crippen molar-refractivity contribution in [3.63, 3.8) is 0 Å². The molecule has 1 aromatic heterocycles. The Hall–Kier alpha value is -0.930. The maximum absolute atomic E-state index is 5.88. The summed E-state index contributed by atoms with van der Waals surface area (Å²) < 4.78 is 5.88. The molecule has 0 saturated carbocycles. The fraction of sp³-hybridized carbons (Fsp3) is 0.667. The molecule has 2 rings (SSSR count). The number of guanidine groups is 1. The van der Waals surface area contributed by atoms with Gasteiger partial charge < -0.3 is 15.4 Å². The summed E-state index contributed by atoms with van der Waals surface area (Å²) in [5, 5.41) is 6.67. The number of pyridine rings is 1. The molecule has 25 heavy (non-hydrogen) atoms. The van der Waals surface area contributed by atoms with E-state index in [1.165, 1.54) is 0 Å². The van der Waals surface area contributed by atoms with Gasteiger partial charge in [-0.2, -0.15) is 0 Å². The molecule has 6 nitrogen and oxygen atoms in total. The number of ether oxygens (including phenoxy) is 1. The van der Waals surface area contributed by atoms with E-state index in [4.69, 9.17) is 4.74 Å². The van der Waals surface area contributed by atoms with Gasteiger partial charge in [0.15, 0.2) is 5.96 Å². The van der Waals surface area contributed by atoms with Crippen molar-refractivity contribution in [3.8, 4) is 0 Å². The molecule has 142 valence electrons. The molecule has 1 atom stereocenters. The third-order valence-corrected chi connectivity index (χ3v) is 3.81. The van der Waals surface area contributed by atoms with Crippen LogP contribution in [0.25, 0.3) is 0 Å². The number of halogens is 1. The van der Waals surface area contributed by atoms with E-state index in [1.807, 2.05) is 18.2 Å². The first-order valence-corrected chi connectivity index (χ1v) is 8.93. The van der Waals surface area contributed by atoms with Crippen LogP contribution in [0, 0.1) is 5.92 Å². The van der Waals surface area contributed by atoms with Gasteiger partial charge in [-0.1, -0.05) is 19.9 Å². The molecule has 0 radical (unpaired) electrons. The van der Waals surface area contributed by atoms with Gasteiger partial charge in [-0.15, -0.1) is 24.0 Å². The summed E-state index contributed by atoms with van der Waals surface area (Å²) >= 11 is 0. The number of rotatable bonds is 7. The van der Waals surface area contributed by atoms with Crippen LogP contribution in [0.3, 0.4) is 0 Å². The molecule has 2 heterocycles. The zero-order valence-electron chi connectivity index (χ0n) is 15.6. The van der Waals surface area contributed by atoms with Gasteiger partial charge in [0.25, 0.3) is 0 Å². The average molecular weight is 461 g/mol. The summed E-state index contributed by atoms with van der Waals surface area (Å²) in [5.41, 5.74) is 0.965. The van der Waals surface area contributed by atoms with Gasteiger partial charge in [0, 0.05) is 38.9 Å². The first kappa shape index (κ1) is 22.1. The summed E-state index contributed by atoms with van der Waals surface area (Å²) in [5.74, 6) is 1.50. The van der Waals surface area contributed by atoms with Crippen LogP contribution in [-0.2, 0) is 11.3 Å². The SMILES string of the molecule is CCNC(=NCc1ccccn1)NCC1CN(CC(C)C)CCO1.I. The molecule has 1 aliphatic rings. The lowest BCUT2D eigenvalue weighted by molar-refractivity contribution is -0.0284. The fourth-order valence-corrected chi connectivity index (χ4v) is 2.79. The van der Waals surface area contributed by atoms with Gasteiger partial charge in [-0.05, 0) is 25.0 Å². The third-order valence-electron chi connectivity index (χ3n) is 3.81. The first-order chi connectivity index (χ1) is 11.7. The quantitative estimate of drug-likeness (QED) is 0.370. The monoisotopic (exact) mass is 461 g/mol. The molecular weight excluding hydrogens is 429 g/mol. The second-order valence-corrected chi connectivity index (χ2v) is 6.54. The van der Waals surface area contributed by atoms with Crippen LogP contribution < -0.4 is 10.6 Å². The van der Waals surface area contributed by atoms with Crippen molar-refractivity contribution in [2.24, 2.45) is 10.9 Å². The molecule has 1 aromatic rings. The molecule has 1 aliphatic heterocycles. The second kappa shape index (κ2) is 12.4. The minimum absolute atomic E-state index is 0. The van der Waals surface area contributed by atoms with Gasteiger partial charge >= 0.3 is 0 Å². The van der Waals surface area contributed by atoms with Crippen molar-refractivity contribution in [2.75, 3.05) is 39.3 Å². The van der Waals surface area contributed by atoms with Crippen LogP contribution >= 0.6 is 24.0 Å². The lowest BCUT2D eigenvalue weighted by atomic mass is 10.2. The molecular formula is C18H32IN5O. The van der Waals surface area contributed by atoms with Crippen LogP contribution in [0.4, 0.5) is 0 Å². The van der Waals surface area contributed by atoms with E-state index in [1.54, 1.807) is 6.20 Å². The first-order valence-electron chi connectivity index (χ1n) is 8.93. The van der Waals surface area contributed by atoms with Crippen molar-refractivity contribution < 1.29 is 4.74 Å². The van der Waals surface area contributed by atoms with Gasteiger partial charge in [0.05, 0.1) is 24.9 Å². The Bertz CT molecular complexity index is 497. The predicted octanol–water partition coefficient (Wildman–Crippen LogP) is 2.11. The van der Waals surface area contributed by atoms with Crippen LogP contribution in [0.1, 0.15) is 26.5 Å². The van der Waals surface area contributed by atoms with Crippen LogP contribution in [-0.4, -0.2) is 61.3 Å². The highest BCUT2D eigenvalue weighted by Gasteiger charge is 2.21. The summed E-state index contributed by atoms with van der Waals surface area (Å²) in [6, 6.07) is 5.89. The highest BCUT2D eigenvalue weighted by Crippen LogP contribution is 2.07. The summed E-state index contributed by atoms with van der Waals surface area (Å²) in [7, 11) is 0. The lowest BCUT2D eigenvalue weighted by Gasteiger charge is -2.34. The molecule has 0 spiro atoms. The van der Waals surface area contributed by atoms with E-state index in [9.17, 15) is 0 Å². The largest absolute Gasteiger partial charge is 0.374 e. The Balaban J connectivity index is 0.00000312. The van der Waals surface area contributed by atoms with Gasteiger partial charge in [0.1, 0.15) is 0 Å². The molecule has 2 N–H and O–H groups in total. The lowest BCUT2D eigenvalue weighted by Crippen LogP contribution is -2.50. The summed E-state index contributed by atoms with van der Waals surface area (Å²) in [4.78, 5) is 11.4.